The van der Waals surface area contributed by atoms with Gasteiger partial charge in [-0.3, -0.25) is 9.69 Å². The van der Waals surface area contributed by atoms with E-state index in [9.17, 15) is 4.79 Å². The summed E-state index contributed by atoms with van der Waals surface area (Å²) in [6.45, 7) is 8.16. The molecule has 10 heteroatoms. The van der Waals surface area contributed by atoms with Crippen molar-refractivity contribution in [1.29, 1.82) is 0 Å². The molecule has 0 atom stereocenters. The van der Waals surface area contributed by atoms with Crippen molar-refractivity contribution in [2.24, 2.45) is 11.7 Å². The number of nitrogens with one attached hydrogen (secondary N) is 1. The highest BCUT2D eigenvalue weighted by Crippen LogP contribution is 2.32. The van der Waals surface area contributed by atoms with Gasteiger partial charge in [0.1, 0.15) is 5.82 Å². The van der Waals surface area contributed by atoms with E-state index < -0.39 is 0 Å². The standard InChI is InChI=1S/C26H32N8O2/c1-2-34-21(16-32-10-7-17(8-11-32)23(27)35)29-22-25(33-12-14-36-15-13-33)30-24(31-26(22)34)19-4-3-5-20-18(19)6-9-28-20/h3-6,9,17,28H,2,7-8,10-16H2,1H3,(H2,27,35). The van der Waals surface area contributed by atoms with Crippen molar-refractivity contribution in [2.75, 3.05) is 44.3 Å². The van der Waals surface area contributed by atoms with E-state index in [2.05, 4.69) is 44.5 Å². The van der Waals surface area contributed by atoms with Crippen LogP contribution in [0, 0.1) is 5.92 Å². The smallest absolute Gasteiger partial charge is 0.220 e. The molecule has 36 heavy (non-hydrogen) atoms. The van der Waals surface area contributed by atoms with Crippen LogP contribution in [0.3, 0.4) is 0 Å². The molecule has 2 aliphatic heterocycles. The number of morpholine rings is 1. The summed E-state index contributed by atoms with van der Waals surface area (Å²) in [6.07, 6.45) is 3.54. The van der Waals surface area contributed by atoms with E-state index >= 15 is 0 Å². The molecule has 0 spiro atoms. The van der Waals surface area contributed by atoms with Crippen molar-refractivity contribution < 1.29 is 9.53 Å². The number of likely N-dealkylation sites (tertiary alicyclic amines) is 1. The average molecular weight is 489 g/mol. The molecule has 188 valence electrons. The summed E-state index contributed by atoms with van der Waals surface area (Å²) in [5, 5.41) is 1.10. The first kappa shape index (κ1) is 22.9. The number of benzene rings is 1. The molecule has 0 bridgehead atoms. The highest BCUT2D eigenvalue weighted by atomic mass is 16.5. The van der Waals surface area contributed by atoms with Gasteiger partial charge in [-0.25, -0.2) is 15.0 Å². The Morgan fingerprint density at radius 1 is 1.11 bits per heavy atom. The molecular formula is C26H32N8O2. The van der Waals surface area contributed by atoms with Crippen LogP contribution in [0.1, 0.15) is 25.6 Å². The van der Waals surface area contributed by atoms with Gasteiger partial charge in [0.05, 0.1) is 19.8 Å². The molecule has 0 aliphatic carbocycles. The fourth-order valence-corrected chi connectivity index (χ4v) is 5.46. The summed E-state index contributed by atoms with van der Waals surface area (Å²) in [5.41, 5.74) is 9.30. The zero-order valence-corrected chi connectivity index (χ0v) is 20.6. The number of amides is 1. The van der Waals surface area contributed by atoms with Crippen molar-refractivity contribution in [3.05, 3.63) is 36.3 Å². The second kappa shape index (κ2) is 9.51. The molecule has 2 aliphatic rings. The number of aryl methyl sites for hydroxylation is 1. The average Bonchev–Trinajstić information content (AvgIpc) is 3.53. The topological polar surface area (TPSA) is 118 Å². The Bertz CT molecular complexity index is 1400. The molecule has 0 saturated carbocycles. The van der Waals surface area contributed by atoms with E-state index in [1.54, 1.807) is 0 Å². The molecule has 1 amide bonds. The molecule has 10 nitrogen and oxygen atoms in total. The van der Waals surface area contributed by atoms with E-state index in [4.69, 9.17) is 25.4 Å². The van der Waals surface area contributed by atoms with Crippen molar-refractivity contribution in [1.82, 2.24) is 29.4 Å². The normalized spacial score (nSPS) is 17.9. The van der Waals surface area contributed by atoms with E-state index in [1.807, 2.05) is 12.3 Å². The lowest BCUT2D eigenvalue weighted by Gasteiger charge is -2.30. The van der Waals surface area contributed by atoms with Crippen molar-refractivity contribution in [3.63, 3.8) is 0 Å². The number of aromatic amines is 1. The molecule has 5 heterocycles. The number of hydrogen-bond donors (Lipinski definition) is 2. The Labute approximate surface area is 209 Å². The van der Waals surface area contributed by atoms with E-state index in [1.165, 1.54) is 0 Å². The number of aromatic nitrogens is 5. The highest BCUT2D eigenvalue weighted by molar-refractivity contribution is 5.95. The Hall–Kier alpha value is -3.50. The number of hydrogen-bond acceptors (Lipinski definition) is 7. The van der Waals surface area contributed by atoms with Gasteiger partial charge < -0.3 is 24.9 Å². The number of anilines is 1. The van der Waals surface area contributed by atoms with Crippen molar-refractivity contribution in [3.8, 4) is 11.4 Å². The number of piperidine rings is 1. The number of primary amides is 1. The fourth-order valence-electron chi connectivity index (χ4n) is 5.46. The van der Waals surface area contributed by atoms with Gasteiger partial charge in [-0.15, -0.1) is 0 Å². The maximum atomic E-state index is 11.6. The van der Waals surface area contributed by atoms with E-state index in [-0.39, 0.29) is 11.8 Å². The molecule has 0 unspecified atom stereocenters. The maximum Gasteiger partial charge on any atom is 0.220 e. The minimum absolute atomic E-state index is 0.0243. The van der Waals surface area contributed by atoms with Gasteiger partial charge in [-0.1, -0.05) is 12.1 Å². The Kier molecular flexibility index (Phi) is 6.06. The second-order valence-corrected chi connectivity index (χ2v) is 9.61. The third kappa shape index (κ3) is 4.10. The van der Waals surface area contributed by atoms with Gasteiger partial charge in [0.15, 0.2) is 22.8 Å². The van der Waals surface area contributed by atoms with Crippen LogP contribution in [0.15, 0.2) is 30.5 Å². The predicted octanol–water partition coefficient (Wildman–Crippen LogP) is 2.53. The highest BCUT2D eigenvalue weighted by Gasteiger charge is 2.27. The first-order valence-corrected chi connectivity index (χ1v) is 12.8. The minimum atomic E-state index is -0.189. The molecule has 3 N–H and O–H groups in total. The number of H-pyrrole nitrogens is 1. The second-order valence-electron chi connectivity index (χ2n) is 9.61. The maximum absolute atomic E-state index is 11.6. The van der Waals surface area contributed by atoms with E-state index in [0.29, 0.717) is 25.6 Å². The van der Waals surface area contributed by atoms with Crippen molar-refractivity contribution >= 4 is 33.8 Å². The summed E-state index contributed by atoms with van der Waals surface area (Å²) in [6, 6.07) is 8.26. The summed E-state index contributed by atoms with van der Waals surface area (Å²) < 4.78 is 7.83. The number of fused-ring (bicyclic) bond motifs is 2. The largest absolute Gasteiger partial charge is 0.378 e. The van der Waals surface area contributed by atoms with Crippen LogP contribution < -0.4 is 10.6 Å². The lowest BCUT2D eigenvalue weighted by molar-refractivity contribution is -0.123. The zero-order chi connectivity index (χ0) is 24.6. The van der Waals surface area contributed by atoms with Crippen LogP contribution in [-0.4, -0.2) is 74.7 Å². The van der Waals surface area contributed by atoms with Crippen LogP contribution in [0.2, 0.25) is 0 Å². The minimum Gasteiger partial charge on any atom is -0.378 e. The lowest BCUT2D eigenvalue weighted by Crippen LogP contribution is -2.38. The summed E-state index contributed by atoms with van der Waals surface area (Å²) >= 11 is 0. The Morgan fingerprint density at radius 2 is 1.92 bits per heavy atom. The SMILES string of the molecule is CCn1c(CN2CCC(C(N)=O)CC2)nc2c(N3CCOCC3)nc(-c3cccc4[nH]ccc34)nc21. The number of ether oxygens (including phenoxy) is 1. The quantitative estimate of drug-likeness (QED) is 0.428. The number of nitrogens with zero attached hydrogens (tertiary/aromatic N) is 6. The first-order chi connectivity index (χ1) is 17.6. The molecule has 2 fully saturated rings. The van der Waals surface area contributed by atoms with Crippen LogP contribution in [0.5, 0.6) is 0 Å². The molecular weight excluding hydrogens is 456 g/mol. The van der Waals surface area contributed by atoms with Gasteiger partial charge >= 0.3 is 0 Å². The number of carbonyl (C=O) groups excluding carboxylic acids is 1. The predicted molar refractivity (Wildman–Crippen MR) is 139 cm³/mol. The van der Waals surface area contributed by atoms with E-state index in [0.717, 1.165) is 84.8 Å². The van der Waals surface area contributed by atoms with Crippen LogP contribution in [-0.2, 0) is 22.6 Å². The summed E-state index contributed by atoms with van der Waals surface area (Å²) in [7, 11) is 0. The monoisotopic (exact) mass is 488 g/mol. The molecule has 2 saturated heterocycles. The van der Waals surface area contributed by atoms with Gasteiger partial charge in [-0.05, 0) is 45.0 Å². The molecule has 0 radical (unpaired) electrons. The van der Waals surface area contributed by atoms with Gasteiger partial charge in [0.2, 0.25) is 5.91 Å². The Morgan fingerprint density at radius 3 is 2.67 bits per heavy atom. The molecule has 1 aromatic carbocycles. The molecule has 6 rings (SSSR count). The number of imidazole rings is 1. The van der Waals surface area contributed by atoms with Crippen molar-refractivity contribution in [2.45, 2.75) is 32.9 Å². The van der Waals surface area contributed by atoms with Crippen LogP contribution >= 0.6 is 0 Å². The molecule has 4 aromatic rings. The molecule has 3 aromatic heterocycles. The first-order valence-electron chi connectivity index (χ1n) is 12.8. The van der Waals surface area contributed by atoms with Crippen LogP contribution in [0.25, 0.3) is 33.5 Å². The number of rotatable bonds is 6. The van der Waals surface area contributed by atoms with Gasteiger partial charge in [0.25, 0.3) is 0 Å². The van der Waals surface area contributed by atoms with Gasteiger partial charge in [0, 0.05) is 48.2 Å². The van der Waals surface area contributed by atoms with Crippen LogP contribution in [0.4, 0.5) is 5.82 Å². The summed E-state index contributed by atoms with van der Waals surface area (Å²) in [4.78, 5) is 34.8. The fraction of sp³-hybridized carbons (Fsp3) is 0.462. The lowest BCUT2D eigenvalue weighted by atomic mass is 9.96. The third-order valence-electron chi connectivity index (χ3n) is 7.47. The zero-order valence-electron chi connectivity index (χ0n) is 20.6. The third-order valence-corrected chi connectivity index (χ3v) is 7.47. The summed E-state index contributed by atoms with van der Waals surface area (Å²) in [5.74, 6) is 2.34. The number of carbonyl (C=O) groups is 1. The van der Waals surface area contributed by atoms with Gasteiger partial charge in [-0.2, -0.15) is 0 Å². The number of nitrogens with two attached hydrogens (primary N) is 1. The Balaban J connectivity index is 1.44.